The van der Waals surface area contributed by atoms with E-state index in [0.29, 0.717) is 12.2 Å². The fourth-order valence-electron chi connectivity index (χ4n) is 4.03. The van der Waals surface area contributed by atoms with Crippen LogP contribution in [0.4, 0.5) is 5.82 Å². The Morgan fingerprint density at radius 1 is 1.30 bits per heavy atom. The number of carbonyl (C=O) groups is 1. The van der Waals surface area contributed by atoms with E-state index in [1.807, 2.05) is 27.7 Å². The number of aromatic nitrogens is 2. The second kappa shape index (κ2) is 7.63. The number of nitrogens with zero attached hydrogens (tertiary/aromatic N) is 4. The molecule has 2 atom stereocenters. The van der Waals surface area contributed by atoms with Crippen molar-refractivity contribution in [1.29, 1.82) is 0 Å². The number of anilines is 1. The molecular formula is C18H31BN4O4. The third-order valence-corrected chi connectivity index (χ3v) is 5.45. The minimum Gasteiger partial charge on any atom is -0.413 e. The Kier molecular flexibility index (Phi) is 6.06. The van der Waals surface area contributed by atoms with Crippen molar-refractivity contribution in [3.63, 3.8) is 0 Å². The number of hydrogen-bond acceptors (Lipinski definition) is 6. The SMILES string of the molecule is COB(OC)[C@H](C)N(C)C(=O)C1CC(C)(C)c2c(C)nc(N(C)C)c(=O)n21. The molecule has 2 heterocycles. The summed E-state index contributed by atoms with van der Waals surface area (Å²) in [5.41, 5.74) is 1.04. The summed E-state index contributed by atoms with van der Waals surface area (Å²) in [4.78, 5) is 34.3. The van der Waals surface area contributed by atoms with Gasteiger partial charge >= 0.3 is 7.12 Å². The molecule has 0 aromatic carbocycles. The fourth-order valence-corrected chi connectivity index (χ4v) is 4.03. The lowest BCUT2D eigenvalue weighted by Crippen LogP contribution is -2.50. The summed E-state index contributed by atoms with van der Waals surface area (Å²) in [5, 5.41) is 0. The van der Waals surface area contributed by atoms with E-state index < -0.39 is 13.2 Å². The summed E-state index contributed by atoms with van der Waals surface area (Å²) in [7, 11) is 7.82. The fraction of sp³-hybridized carbons (Fsp3) is 0.722. The molecule has 0 N–H and O–H groups in total. The molecule has 0 spiro atoms. The van der Waals surface area contributed by atoms with Crippen molar-refractivity contribution in [1.82, 2.24) is 14.5 Å². The Morgan fingerprint density at radius 2 is 1.85 bits per heavy atom. The quantitative estimate of drug-likeness (QED) is 0.688. The number of amides is 1. The van der Waals surface area contributed by atoms with Crippen LogP contribution in [0.5, 0.6) is 0 Å². The van der Waals surface area contributed by atoms with Gasteiger partial charge in [-0.3, -0.25) is 14.2 Å². The van der Waals surface area contributed by atoms with Crippen LogP contribution in [0.25, 0.3) is 0 Å². The normalized spacial score (nSPS) is 18.8. The van der Waals surface area contributed by atoms with Crippen molar-refractivity contribution in [2.45, 2.75) is 51.5 Å². The van der Waals surface area contributed by atoms with E-state index in [2.05, 4.69) is 4.98 Å². The number of carbonyl (C=O) groups excluding carboxylic acids is 1. The maximum Gasteiger partial charge on any atom is 0.480 e. The number of hydrogen-bond donors (Lipinski definition) is 0. The van der Waals surface area contributed by atoms with Crippen molar-refractivity contribution >= 4 is 18.8 Å². The van der Waals surface area contributed by atoms with Crippen LogP contribution >= 0.6 is 0 Å². The number of fused-ring (bicyclic) bond motifs is 1. The number of aryl methyl sites for hydroxylation is 1. The highest BCUT2D eigenvalue weighted by molar-refractivity contribution is 6.46. The van der Waals surface area contributed by atoms with Crippen molar-refractivity contribution in [2.24, 2.45) is 0 Å². The van der Waals surface area contributed by atoms with E-state index in [0.717, 1.165) is 11.4 Å². The first-order valence-electron chi connectivity index (χ1n) is 9.11. The van der Waals surface area contributed by atoms with Gasteiger partial charge in [-0.05, 0) is 20.3 Å². The molecule has 1 aliphatic rings. The van der Waals surface area contributed by atoms with Crippen LogP contribution in [0.1, 0.15) is 44.6 Å². The van der Waals surface area contributed by atoms with Crippen LogP contribution in [-0.2, 0) is 19.5 Å². The Bertz CT molecular complexity index is 773. The van der Waals surface area contributed by atoms with Gasteiger partial charge in [-0.2, -0.15) is 0 Å². The highest BCUT2D eigenvalue weighted by Gasteiger charge is 2.45. The first-order valence-corrected chi connectivity index (χ1v) is 9.11. The standard InChI is InChI=1S/C18H31BN4O4/c1-11-14-18(3,4)10-13(23(14)17(25)15(20-11)21(5)6)16(24)22(7)12(2)19(26-8)27-9/h12-13H,10H2,1-9H3/t12-,13?/m0/s1. The van der Waals surface area contributed by atoms with Gasteiger partial charge in [0, 0.05) is 46.5 Å². The van der Waals surface area contributed by atoms with Gasteiger partial charge in [-0.15, -0.1) is 0 Å². The predicted octanol–water partition coefficient (Wildman–Crippen LogP) is 1.01. The van der Waals surface area contributed by atoms with Gasteiger partial charge in [0.1, 0.15) is 6.04 Å². The van der Waals surface area contributed by atoms with Crippen LogP contribution in [0, 0.1) is 6.92 Å². The zero-order valence-corrected chi connectivity index (χ0v) is 17.9. The molecule has 1 unspecified atom stereocenters. The van der Waals surface area contributed by atoms with Gasteiger partial charge in [0.05, 0.1) is 11.6 Å². The largest absolute Gasteiger partial charge is 0.480 e. The molecule has 0 saturated carbocycles. The highest BCUT2D eigenvalue weighted by Crippen LogP contribution is 2.42. The van der Waals surface area contributed by atoms with Gasteiger partial charge in [-0.25, -0.2) is 4.98 Å². The molecule has 1 amide bonds. The van der Waals surface area contributed by atoms with E-state index in [1.165, 1.54) is 0 Å². The zero-order chi connectivity index (χ0) is 20.7. The molecule has 9 heteroatoms. The van der Waals surface area contributed by atoms with Crippen LogP contribution in [0.2, 0.25) is 0 Å². The Morgan fingerprint density at radius 3 is 2.33 bits per heavy atom. The molecule has 0 saturated heterocycles. The summed E-state index contributed by atoms with van der Waals surface area (Å²) in [6.45, 7) is 7.85. The number of likely N-dealkylation sites (N-methyl/N-ethyl adjacent to an activating group) is 1. The Labute approximate surface area is 161 Å². The van der Waals surface area contributed by atoms with Crippen LogP contribution in [0.3, 0.4) is 0 Å². The summed E-state index contributed by atoms with van der Waals surface area (Å²) >= 11 is 0. The maximum absolute atomic E-state index is 13.3. The van der Waals surface area contributed by atoms with Gasteiger partial charge in [-0.1, -0.05) is 13.8 Å². The van der Waals surface area contributed by atoms with Crippen molar-refractivity contribution in [3.05, 3.63) is 21.7 Å². The molecule has 1 aliphatic heterocycles. The lowest BCUT2D eigenvalue weighted by Gasteiger charge is -2.30. The summed E-state index contributed by atoms with van der Waals surface area (Å²) in [5.74, 6) is -0.0911. The van der Waals surface area contributed by atoms with E-state index in [4.69, 9.17) is 9.31 Å². The molecule has 8 nitrogen and oxygen atoms in total. The second-order valence-corrected chi connectivity index (χ2v) is 8.07. The molecule has 27 heavy (non-hydrogen) atoms. The average Bonchev–Trinajstić information content (AvgIpc) is 2.89. The van der Waals surface area contributed by atoms with E-state index in [1.54, 1.807) is 49.7 Å². The lowest BCUT2D eigenvalue weighted by molar-refractivity contribution is -0.134. The van der Waals surface area contributed by atoms with Gasteiger partial charge in [0.2, 0.25) is 5.91 Å². The summed E-state index contributed by atoms with van der Waals surface area (Å²) in [6.07, 6.45) is 0.544. The minimum absolute atomic E-state index is 0.133. The lowest BCUT2D eigenvalue weighted by atomic mass is 9.78. The minimum atomic E-state index is -0.579. The monoisotopic (exact) mass is 378 g/mol. The van der Waals surface area contributed by atoms with Gasteiger partial charge < -0.3 is 19.1 Å². The molecule has 0 aliphatic carbocycles. The second-order valence-electron chi connectivity index (χ2n) is 8.07. The molecule has 2 rings (SSSR count). The first-order chi connectivity index (χ1) is 12.5. The smallest absolute Gasteiger partial charge is 0.413 e. The van der Waals surface area contributed by atoms with Crippen LogP contribution < -0.4 is 10.5 Å². The van der Waals surface area contributed by atoms with Crippen molar-refractivity contribution < 1.29 is 14.1 Å². The predicted molar refractivity (Wildman–Crippen MR) is 106 cm³/mol. The average molecular weight is 378 g/mol. The summed E-state index contributed by atoms with van der Waals surface area (Å²) in [6, 6.07) is -0.579. The Balaban J connectivity index is 2.54. The van der Waals surface area contributed by atoms with Gasteiger partial charge in [0.15, 0.2) is 5.82 Å². The van der Waals surface area contributed by atoms with Crippen molar-refractivity contribution in [2.75, 3.05) is 40.3 Å². The Hall–Kier alpha value is -1.87. The van der Waals surface area contributed by atoms with E-state index in [-0.39, 0.29) is 22.8 Å². The molecule has 1 aromatic heterocycles. The molecule has 0 fully saturated rings. The molecule has 0 bridgehead atoms. The van der Waals surface area contributed by atoms with E-state index >= 15 is 0 Å². The zero-order valence-electron chi connectivity index (χ0n) is 17.9. The molecule has 150 valence electrons. The maximum atomic E-state index is 13.3. The molecular weight excluding hydrogens is 347 g/mol. The van der Waals surface area contributed by atoms with E-state index in [9.17, 15) is 9.59 Å². The van der Waals surface area contributed by atoms with Crippen LogP contribution in [0.15, 0.2) is 4.79 Å². The van der Waals surface area contributed by atoms with Crippen molar-refractivity contribution in [3.8, 4) is 0 Å². The molecule has 0 radical (unpaired) electrons. The topological polar surface area (TPSA) is 76.9 Å². The molecule has 1 aromatic rings. The third-order valence-electron chi connectivity index (χ3n) is 5.45. The first kappa shape index (κ1) is 21.4. The highest BCUT2D eigenvalue weighted by atomic mass is 16.6. The number of rotatable bonds is 6. The summed E-state index contributed by atoms with van der Waals surface area (Å²) < 4.78 is 12.2. The third kappa shape index (κ3) is 3.62. The van der Waals surface area contributed by atoms with Gasteiger partial charge in [0.25, 0.3) is 5.56 Å². The van der Waals surface area contributed by atoms with Crippen LogP contribution in [-0.4, -0.2) is 68.8 Å².